The summed E-state index contributed by atoms with van der Waals surface area (Å²) in [6.07, 6.45) is 3.20. The number of benzene rings is 2. The van der Waals surface area contributed by atoms with Crippen molar-refractivity contribution in [2.75, 3.05) is 33.1 Å². The van der Waals surface area contributed by atoms with E-state index in [0.717, 1.165) is 4.31 Å². The number of hydrogen-bond acceptors (Lipinski definition) is 11. The average molecular weight is 831 g/mol. The van der Waals surface area contributed by atoms with Crippen molar-refractivity contribution in [3.63, 3.8) is 0 Å². The number of methoxy groups -OCH3 is 1. The van der Waals surface area contributed by atoms with Crippen LogP contribution in [0.1, 0.15) is 46.5 Å². The molecule has 5 atom stereocenters. The summed E-state index contributed by atoms with van der Waals surface area (Å²) in [7, 11) is -3.37. The van der Waals surface area contributed by atoms with Crippen molar-refractivity contribution >= 4 is 65.8 Å². The lowest BCUT2D eigenvalue weighted by molar-refractivity contribution is -0.141. The van der Waals surface area contributed by atoms with Gasteiger partial charge in [-0.1, -0.05) is 44.5 Å². The number of amides is 3. The Labute approximate surface area is 332 Å². The fourth-order valence-corrected chi connectivity index (χ4v) is 9.40. The Bertz CT molecular complexity index is 2300. The van der Waals surface area contributed by atoms with Gasteiger partial charge in [0.25, 0.3) is 5.91 Å². The number of hydrogen-bond donors (Lipinski definition) is 3. The van der Waals surface area contributed by atoms with E-state index in [1.54, 1.807) is 30.3 Å². The second kappa shape index (κ2) is 15.1. The molecular weight excluding hydrogens is 784 g/mol. The molecule has 2 aliphatic carbocycles. The first kappa shape index (κ1) is 41.2. The Morgan fingerprint density at radius 3 is 2.41 bits per heavy atom. The second-order valence-corrected chi connectivity index (χ2v) is 20.3. The molecule has 2 aromatic carbocycles. The maximum atomic E-state index is 14.8. The number of carbonyl (C=O) groups excluding carboxylic acids is 3. The van der Waals surface area contributed by atoms with Gasteiger partial charge in [-0.05, 0) is 61.1 Å². The van der Waals surface area contributed by atoms with Crippen molar-refractivity contribution < 1.29 is 40.7 Å². The van der Waals surface area contributed by atoms with Crippen LogP contribution < -0.4 is 24.8 Å². The van der Waals surface area contributed by atoms with Gasteiger partial charge in [-0.3, -0.25) is 19.1 Å². The highest BCUT2D eigenvalue weighted by atomic mass is 35.5. The molecule has 0 unspecified atom stereocenters. The third-order valence-electron chi connectivity index (χ3n) is 10.4. The molecule has 18 heteroatoms. The molecular formula is C38H47ClN6O9S2. The lowest BCUT2D eigenvalue weighted by atomic mass is 9.85. The zero-order valence-electron chi connectivity index (χ0n) is 32.0. The van der Waals surface area contributed by atoms with E-state index in [0.29, 0.717) is 40.1 Å². The summed E-state index contributed by atoms with van der Waals surface area (Å²) in [6, 6.07) is 9.08. The molecule has 0 spiro atoms. The molecule has 1 aromatic heterocycles. The van der Waals surface area contributed by atoms with Gasteiger partial charge in [-0.2, -0.15) is 0 Å². The maximum absolute atomic E-state index is 14.8. The van der Waals surface area contributed by atoms with Gasteiger partial charge >= 0.3 is 0 Å². The minimum Gasteiger partial charge on any atom is -0.494 e. The Morgan fingerprint density at radius 1 is 1.09 bits per heavy atom. The van der Waals surface area contributed by atoms with Crippen LogP contribution >= 0.6 is 11.6 Å². The number of rotatable bonds is 14. The van der Waals surface area contributed by atoms with Crippen LogP contribution in [0.15, 0.2) is 66.2 Å². The number of fused-ring (bicyclic) bond motifs is 1. The molecule has 1 aliphatic heterocycles. The number of anilines is 1. The number of sulfonamides is 2. The molecule has 6 rings (SSSR count). The van der Waals surface area contributed by atoms with Crippen molar-refractivity contribution in [2.45, 2.75) is 80.3 Å². The van der Waals surface area contributed by atoms with Crippen LogP contribution in [0.25, 0.3) is 10.8 Å². The maximum Gasteiger partial charge on any atom is 0.259 e. The smallest absolute Gasteiger partial charge is 0.259 e. The molecule has 3 fully saturated rings. The summed E-state index contributed by atoms with van der Waals surface area (Å²) in [5.41, 5.74) is -2.00. The number of halogens is 1. The third-order valence-corrected chi connectivity index (χ3v) is 14.3. The molecule has 3 aromatic rings. The van der Waals surface area contributed by atoms with Crippen LogP contribution in [0.4, 0.5) is 5.69 Å². The first-order valence-corrected chi connectivity index (χ1v) is 21.5. The third kappa shape index (κ3) is 8.17. The Hall–Kier alpha value is -4.45. The first-order valence-electron chi connectivity index (χ1n) is 18.1. The molecule has 3 aliphatic rings. The number of carbonyl (C=O) groups is 3. The van der Waals surface area contributed by atoms with Gasteiger partial charge in [0.2, 0.25) is 37.7 Å². The van der Waals surface area contributed by atoms with Crippen molar-refractivity contribution in [3.8, 4) is 11.6 Å². The minimum atomic E-state index is -3.93. The van der Waals surface area contributed by atoms with Gasteiger partial charge in [0, 0.05) is 47.9 Å². The highest BCUT2D eigenvalue weighted by molar-refractivity contribution is 7.91. The van der Waals surface area contributed by atoms with Crippen LogP contribution in [-0.2, 0) is 34.4 Å². The van der Waals surface area contributed by atoms with Gasteiger partial charge in [0.05, 0.1) is 30.0 Å². The monoisotopic (exact) mass is 830 g/mol. The van der Waals surface area contributed by atoms with Crippen LogP contribution in [0, 0.1) is 11.3 Å². The summed E-state index contributed by atoms with van der Waals surface area (Å²) >= 11 is 6.35. The van der Waals surface area contributed by atoms with Gasteiger partial charge in [-0.25, -0.2) is 26.1 Å². The molecule has 56 heavy (non-hydrogen) atoms. The van der Waals surface area contributed by atoms with Crippen molar-refractivity contribution in [3.05, 3.63) is 66.3 Å². The number of aromatic nitrogens is 1. The molecule has 15 nitrogen and oxygen atoms in total. The van der Waals surface area contributed by atoms with Crippen molar-refractivity contribution in [2.24, 2.45) is 11.3 Å². The predicted octanol–water partition coefficient (Wildman–Crippen LogP) is 3.69. The Kier molecular flexibility index (Phi) is 11.1. The first-order chi connectivity index (χ1) is 26.2. The second-order valence-electron chi connectivity index (χ2n) is 15.7. The highest BCUT2D eigenvalue weighted by Gasteiger charge is 2.62. The van der Waals surface area contributed by atoms with E-state index in [4.69, 9.17) is 21.1 Å². The summed E-state index contributed by atoms with van der Waals surface area (Å²) in [5.74, 6) is -1.91. The highest BCUT2D eigenvalue weighted by Crippen LogP contribution is 2.46. The van der Waals surface area contributed by atoms with Crippen LogP contribution in [0.5, 0.6) is 11.6 Å². The number of nitrogens with one attached hydrogen (secondary N) is 3. The number of nitrogens with zero attached hydrogens (tertiary/aromatic N) is 3. The van der Waals surface area contributed by atoms with E-state index in [9.17, 15) is 31.2 Å². The Morgan fingerprint density at radius 2 is 1.80 bits per heavy atom. The summed E-state index contributed by atoms with van der Waals surface area (Å²) in [4.78, 5) is 48.7. The largest absolute Gasteiger partial charge is 0.494 e. The van der Waals surface area contributed by atoms with Gasteiger partial charge in [-0.15, -0.1) is 6.58 Å². The van der Waals surface area contributed by atoms with Gasteiger partial charge in [0.15, 0.2) is 0 Å². The van der Waals surface area contributed by atoms with Crippen molar-refractivity contribution in [1.82, 2.24) is 24.2 Å². The van der Waals surface area contributed by atoms with E-state index >= 15 is 0 Å². The number of likely N-dealkylation sites (tertiary alicyclic amines) is 1. The van der Waals surface area contributed by atoms with E-state index in [2.05, 4.69) is 26.9 Å². The van der Waals surface area contributed by atoms with E-state index in [1.165, 1.54) is 50.5 Å². The van der Waals surface area contributed by atoms with E-state index in [1.807, 2.05) is 20.8 Å². The summed E-state index contributed by atoms with van der Waals surface area (Å²) in [5, 5.41) is 7.00. The SMILES string of the molecule is C=C[C@@H]1C[C@]1(NC(=O)[C@@H]1C[C@@H](Oc2ncc(OC)c3ccc(Cl)cc23)CN1C(=O)[C@H](Nc1cccc(S(=O)(=O)N(C)C)c1)C(C)(C)C)C(=O)NS(=O)(=O)C1CC1. The van der Waals surface area contributed by atoms with Crippen LogP contribution in [0.3, 0.4) is 0 Å². The molecule has 3 N–H and O–H groups in total. The standard InChI is InChI=1S/C38H47ClN6O9S2/c1-8-22-19-38(22,36(48)43-55(49,50)26-13-14-26)42-33(46)30-18-25(54-34-29-16-23(39)12-15-28(29)31(53-7)20-40-34)21-45(30)35(47)32(37(2,3)4)41-24-10-9-11-27(17-24)56(51,52)44(5)6/h8-12,15-17,20,22,25-26,30,32,41H,1,13-14,18-19,21H2,2-7H3,(H,42,46)(H,43,48)/t22-,25-,30+,32+,38-/m1/s1. The van der Waals surface area contributed by atoms with E-state index in [-0.39, 0.29) is 30.2 Å². The molecule has 1 saturated heterocycles. The van der Waals surface area contributed by atoms with Gasteiger partial charge < -0.3 is 25.0 Å². The van der Waals surface area contributed by atoms with Crippen LogP contribution in [-0.4, -0.2) is 105 Å². The number of pyridine rings is 1. The lowest BCUT2D eigenvalue weighted by Gasteiger charge is -2.36. The summed E-state index contributed by atoms with van der Waals surface area (Å²) < 4.78 is 66.6. The van der Waals surface area contributed by atoms with Crippen molar-refractivity contribution in [1.29, 1.82) is 0 Å². The molecule has 3 amide bonds. The minimum absolute atomic E-state index is 0.0163. The fraction of sp³-hybridized carbons (Fsp3) is 0.474. The van der Waals surface area contributed by atoms with E-state index < -0.39 is 78.1 Å². The molecule has 0 radical (unpaired) electrons. The quantitative estimate of drug-likeness (QED) is 0.201. The Balaban J connectivity index is 1.34. The average Bonchev–Trinajstić information content (AvgIpc) is 4.07. The molecule has 2 heterocycles. The molecule has 302 valence electrons. The van der Waals surface area contributed by atoms with Crippen LogP contribution in [0.2, 0.25) is 5.02 Å². The molecule has 0 bridgehead atoms. The fourth-order valence-electron chi connectivity index (χ4n) is 6.91. The van der Waals surface area contributed by atoms with Gasteiger partial charge in [0.1, 0.15) is 29.5 Å². The topological polar surface area (TPSA) is 193 Å². The predicted molar refractivity (Wildman–Crippen MR) is 211 cm³/mol. The normalized spacial score (nSPS) is 23.0. The molecule has 2 saturated carbocycles. The summed E-state index contributed by atoms with van der Waals surface area (Å²) in [6.45, 7) is 9.20. The number of ether oxygens (including phenoxy) is 2. The lowest BCUT2D eigenvalue weighted by Crippen LogP contribution is -2.58. The zero-order valence-corrected chi connectivity index (χ0v) is 34.4. The zero-order chi connectivity index (χ0) is 41.0.